The molecule has 0 radical (unpaired) electrons. The van der Waals surface area contributed by atoms with Crippen molar-refractivity contribution in [1.29, 1.82) is 0 Å². The first-order valence-electron chi connectivity index (χ1n) is 5.77. The number of hydrogen-bond acceptors (Lipinski definition) is 3. The SMILES string of the molecule is COC(=O)CCCCC[C@H]1NC(=O)N[C@H]1C. The van der Waals surface area contributed by atoms with Crippen molar-refractivity contribution in [2.45, 2.75) is 51.1 Å². The highest BCUT2D eigenvalue weighted by atomic mass is 16.5. The fourth-order valence-electron chi connectivity index (χ4n) is 1.88. The van der Waals surface area contributed by atoms with Gasteiger partial charge >= 0.3 is 12.0 Å². The van der Waals surface area contributed by atoms with Crippen LogP contribution in [0.1, 0.15) is 39.0 Å². The number of methoxy groups -OCH3 is 1. The first kappa shape index (κ1) is 12.8. The number of ether oxygens (including phenoxy) is 1. The number of hydrogen-bond donors (Lipinski definition) is 2. The van der Waals surface area contributed by atoms with Gasteiger partial charge in [-0.3, -0.25) is 4.79 Å². The average Bonchev–Trinajstić information content (AvgIpc) is 2.56. The predicted octanol–water partition coefficient (Wildman–Crippen LogP) is 1.18. The Hall–Kier alpha value is -1.26. The molecule has 1 aliphatic heterocycles. The largest absolute Gasteiger partial charge is 0.469 e. The number of esters is 1. The van der Waals surface area contributed by atoms with Crippen molar-refractivity contribution in [3.05, 3.63) is 0 Å². The van der Waals surface area contributed by atoms with Gasteiger partial charge in [-0.05, 0) is 19.8 Å². The molecule has 0 saturated carbocycles. The second kappa shape index (κ2) is 6.35. The summed E-state index contributed by atoms with van der Waals surface area (Å²) in [6.45, 7) is 2.00. The Morgan fingerprint density at radius 1 is 1.31 bits per heavy atom. The molecule has 1 heterocycles. The number of rotatable bonds is 6. The van der Waals surface area contributed by atoms with Crippen LogP contribution in [0.15, 0.2) is 0 Å². The molecule has 0 bridgehead atoms. The molecule has 1 fully saturated rings. The summed E-state index contributed by atoms with van der Waals surface area (Å²) >= 11 is 0. The van der Waals surface area contributed by atoms with Crippen LogP contribution in [0, 0.1) is 0 Å². The van der Waals surface area contributed by atoms with E-state index in [-0.39, 0.29) is 24.1 Å². The highest BCUT2D eigenvalue weighted by Crippen LogP contribution is 2.11. The molecule has 0 unspecified atom stereocenters. The zero-order valence-electron chi connectivity index (χ0n) is 9.91. The lowest BCUT2D eigenvalue weighted by Crippen LogP contribution is -2.30. The Kier molecular flexibility index (Phi) is 5.08. The molecule has 0 aromatic rings. The van der Waals surface area contributed by atoms with Crippen LogP contribution in [0.4, 0.5) is 4.79 Å². The van der Waals surface area contributed by atoms with Crippen molar-refractivity contribution in [3.8, 4) is 0 Å². The summed E-state index contributed by atoms with van der Waals surface area (Å²) < 4.78 is 4.56. The fraction of sp³-hybridized carbons (Fsp3) is 0.818. The van der Waals surface area contributed by atoms with Crippen LogP contribution in [0.25, 0.3) is 0 Å². The van der Waals surface area contributed by atoms with Gasteiger partial charge < -0.3 is 15.4 Å². The highest BCUT2D eigenvalue weighted by Gasteiger charge is 2.26. The topological polar surface area (TPSA) is 67.4 Å². The Labute approximate surface area is 95.9 Å². The predicted molar refractivity (Wildman–Crippen MR) is 60.0 cm³/mol. The van der Waals surface area contributed by atoms with E-state index in [9.17, 15) is 9.59 Å². The summed E-state index contributed by atoms with van der Waals surface area (Å²) in [7, 11) is 1.41. The highest BCUT2D eigenvalue weighted by molar-refractivity contribution is 5.77. The minimum atomic E-state index is -0.149. The third-order valence-electron chi connectivity index (χ3n) is 2.90. The molecule has 0 aliphatic carbocycles. The van der Waals surface area contributed by atoms with Crippen molar-refractivity contribution in [2.75, 3.05) is 7.11 Å². The molecule has 5 nitrogen and oxygen atoms in total. The fourth-order valence-corrected chi connectivity index (χ4v) is 1.88. The summed E-state index contributed by atoms with van der Waals surface area (Å²) in [6.07, 6.45) is 4.32. The van der Waals surface area contributed by atoms with Crippen LogP contribution in [-0.2, 0) is 9.53 Å². The Bertz CT molecular complexity index is 256. The molecule has 5 heteroatoms. The second-order valence-corrected chi connectivity index (χ2v) is 4.19. The molecule has 2 N–H and O–H groups in total. The van der Waals surface area contributed by atoms with Crippen molar-refractivity contribution in [1.82, 2.24) is 10.6 Å². The van der Waals surface area contributed by atoms with Gasteiger partial charge in [0.2, 0.25) is 0 Å². The maximum atomic E-state index is 11.0. The summed E-state index contributed by atoms with van der Waals surface area (Å²) in [4.78, 5) is 21.8. The van der Waals surface area contributed by atoms with E-state index < -0.39 is 0 Å². The smallest absolute Gasteiger partial charge is 0.315 e. The van der Waals surface area contributed by atoms with E-state index in [1.54, 1.807) is 0 Å². The first-order chi connectivity index (χ1) is 7.63. The van der Waals surface area contributed by atoms with E-state index in [1.165, 1.54) is 7.11 Å². The lowest BCUT2D eigenvalue weighted by molar-refractivity contribution is -0.140. The van der Waals surface area contributed by atoms with E-state index in [4.69, 9.17) is 0 Å². The number of nitrogens with one attached hydrogen (secondary N) is 2. The number of amides is 2. The molecular weight excluding hydrogens is 208 g/mol. The molecular formula is C11H20N2O3. The maximum Gasteiger partial charge on any atom is 0.315 e. The van der Waals surface area contributed by atoms with Crippen LogP contribution in [0.3, 0.4) is 0 Å². The van der Waals surface area contributed by atoms with Crippen LogP contribution in [0.2, 0.25) is 0 Å². The van der Waals surface area contributed by atoms with Gasteiger partial charge in [0.05, 0.1) is 13.2 Å². The normalized spacial score (nSPS) is 23.8. The van der Waals surface area contributed by atoms with Crippen molar-refractivity contribution in [3.63, 3.8) is 0 Å². The Morgan fingerprint density at radius 3 is 2.62 bits per heavy atom. The monoisotopic (exact) mass is 228 g/mol. The van der Waals surface area contributed by atoms with Gasteiger partial charge in [-0.15, -0.1) is 0 Å². The number of carbonyl (C=O) groups excluding carboxylic acids is 2. The van der Waals surface area contributed by atoms with Crippen molar-refractivity contribution in [2.24, 2.45) is 0 Å². The van der Waals surface area contributed by atoms with Crippen molar-refractivity contribution >= 4 is 12.0 Å². The molecule has 16 heavy (non-hydrogen) atoms. The number of unbranched alkanes of at least 4 members (excludes halogenated alkanes) is 2. The molecule has 2 atom stereocenters. The summed E-state index contributed by atoms with van der Waals surface area (Å²) in [6, 6.07) is 0.353. The Morgan fingerprint density at radius 2 is 2.06 bits per heavy atom. The summed E-state index contributed by atoms with van der Waals surface area (Å²) in [5.41, 5.74) is 0. The second-order valence-electron chi connectivity index (χ2n) is 4.19. The zero-order valence-corrected chi connectivity index (χ0v) is 9.91. The molecule has 1 saturated heterocycles. The van der Waals surface area contributed by atoms with Crippen LogP contribution in [-0.4, -0.2) is 31.2 Å². The first-order valence-corrected chi connectivity index (χ1v) is 5.77. The summed E-state index contributed by atoms with van der Waals surface area (Å²) in [5.74, 6) is -0.149. The van der Waals surface area contributed by atoms with E-state index in [0.717, 1.165) is 25.7 Å². The maximum absolute atomic E-state index is 11.0. The Balaban J connectivity index is 2.03. The average molecular weight is 228 g/mol. The van der Waals surface area contributed by atoms with Crippen LogP contribution < -0.4 is 10.6 Å². The standard InChI is InChI=1S/C11H20N2O3/c1-8-9(13-11(15)12-8)6-4-3-5-7-10(14)16-2/h8-9H,3-7H2,1-2H3,(H2,12,13,15)/t8-,9+/m0/s1. The molecule has 0 aromatic heterocycles. The van der Waals surface area contributed by atoms with E-state index >= 15 is 0 Å². The van der Waals surface area contributed by atoms with E-state index in [1.807, 2.05) is 6.92 Å². The van der Waals surface area contributed by atoms with Gasteiger partial charge in [-0.1, -0.05) is 12.8 Å². The number of urea groups is 1. The van der Waals surface area contributed by atoms with Gasteiger partial charge in [-0.2, -0.15) is 0 Å². The van der Waals surface area contributed by atoms with Gasteiger partial charge in [0.25, 0.3) is 0 Å². The quantitative estimate of drug-likeness (QED) is 0.530. The third-order valence-corrected chi connectivity index (χ3v) is 2.90. The molecule has 1 aliphatic rings. The van der Waals surface area contributed by atoms with Gasteiger partial charge in [0.1, 0.15) is 0 Å². The van der Waals surface area contributed by atoms with Crippen LogP contribution in [0.5, 0.6) is 0 Å². The number of carbonyl (C=O) groups is 2. The van der Waals surface area contributed by atoms with Crippen molar-refractivity contribution < 1.29 is 14.3 Å². The minimum Gasteiger partial charge on any atom is -0.469 e. The van der Waals surface area contributed by atoms with Crippen LogP contribution >= 0.6 is 0 Å². The lowest BCUT2D eigenvalue weighted by atomic mass is 10.0. The zero-order chi connectivity index (χ0) is 12.0. The third kappa shape index (κ3) is 4.08. The van der Waals surface area contributed by atoms with Gasteiger partial charge in [0, 0.05) is 12.5 Å². The van der Waals surface area contributed by atoms with E-state index in [0.29, 0.717) is 6.42 Å². The molecule has 92 valence electrons. The van der Waals surface area contributed by atoms with Gasteiger partial charge in [0.15, 0.2) is 0 Å². The lowest BCUT2D eigenvalue weighted by Gasteiger charge is -2.13. The molecule has 0 spiro atoms. The van der Waals surface area contributed by atoms with Gasteiger partial charge in [-0.25, -0.2) is 4.79 Å². The molecule has 1 rings (SSSR count). The molecule has 2 amide bonds. The molecule has 0 aromatic carbocycles. The summed E-state index contributed by atoms with van der Waals surface area (Å²) in [5, 5.41) is 5.68. The minimum absolute atomic E-state index is 0.0768. The van der Waals surface area contributed by atoms with E-state index in [2.05, 4.69) is 15.4 Å².